The van der Waals surface area contributed by atoms with Crippen LogP contribution in [0.5, 0.6) is 5.75 Å². The standard InChI is InChI=1S/C18H19N3O3/c1-21-17(22)13-9-19-16-12(15(13)20-18(21)23)7-4-8-14(16)24-10-11-5-2-3-6-11/h4,7-9,11H,2-3,5-6,10H2,1H3,(H,20,23). The first-order valence-electron chi connectivity index (χ1n) is 8.28. The van der Waals surface area contributed by atoms with Gasteiger partial charge in [-0.15, -0.1) is 0 Å². The van der Waals surface area contributed by atoms with Gasteiger partial charge in [-0.2, -0.15) is 0 Å². The van der Waals surface area contributed by atoms with E-state index in [4.69, 9.17) is 4.74 Å². The number of nitrogens with one attached hydrogen (secondary N) is 1. The van der Waals surface area contributed by atoms with Crippen LogP contribution in [0.2, 0.25) is 0 Å². The number of fused-ring (bicyclic) bond motifs is 3. The summed E-state index contributed by atoms with van der Waals surface area (Å²) >= 11 is 0. The highest BCUT2D eigenvalue weighted by atomic mass is 16.5. The summed E-state index contributed by atoms with van der Waals surface area (Å²) in [5, 5.41) is 1.13. The minimum Gasteiger partial charge on any atom is -0.491 e. The molecule has 0 radical (unpaired) electrons. The van der Waals surface area contributed by atoms with Gasteiger partial charge in [-0.25, -0.2) is 4.79 Å². The van der Waals surface area contributed by atoms with E-state index in [1.807, 2.05) is 18.2 Å². The van der Waals surface area contributed by atoms with Gasteiger partial charge in [-0.1, -0.05) is 25.0 Å². The van der Waals surface area contributed by atoms with Crippen LogP contribution >= 0.6 is 0 Å². The third-order valence-corrected chi connectivity index (χ3v) is 4.88. The monoisotopic (exact) mass is 325 g/mol. The number of aromatic amines is 1. The lowest BCUT2D eigenvalue weighted by Crippen LogP contribution is -2.32. The minimum absolute atomic E-state index is 0.347. The van der Waals surface area contributed by atoms with Gasteiger partial charge in [-0.3, -0.25) is 14.3 Å². The number of rotatable bonds is 3. The summed E-state index contributed by atoms with van der Waals surface area (Å²) in [6, 6.07) is 5.60. The first-order chi connectivity index (χ1) is 11.6. The first-order valence-corrected chi connectivity index (χ1v) is 8.28. The number of H-pyrrole nitrogens is 1. The van der Waals surface area contributed by atoms with E-state index < -0.39 is 5.69 Å². The molecule has 0 atom stereocenters. The summed E-state index contributed by atoms with van der Waals surface area (Å²) in [5.74, 6) is 1.30. The Morgan fingerprint density at radius 1 is 1.25 bits per heavy atom. The Morgan fingerprint density at radius 3 is 2.83 bits per heavy atom. The van der Waals surface area contributed by atoms with Crippen LogP contribution in [0.25, 0.3) is 21.8 Å². The Hall–Kier alpha value is -2.63. The molecule has 4 rings (SSSR count). The summed E-state index contributed by atoms with van der Waals surface area (Å²) in [7, 11) is 1.45. The molecule has 24 heavy (non-hydrogen) atoms. The van der Waals surface area contributed by atoms with Crippen molar-refractivity contribution in [3.8, 4) is 5.75 Å². The second-order valence-electron chi connectivity index (χ2n) is 6.45. The fourth-order valence-electron chi connectivity index (χ4n) is 3.46. The molecule has 124 valence electrons. The van der Waals surface area contributed by atoms with E-state index >= 15 is 0 Å². The van der Waals surface area contributed by atoms with Crippen molar-refractivity contribution in [2.24, 2.45) is 13.0 Å². The highest BCUT2D eigenvalue weighted by Crippen LogP contribution is 2.30. The maximum Gasteiger partial charge on any atom is 0.328 e. The molecule has 2 aromatic heterocycles. The van der Waals surface area contributed by atoms with Crippen LogP contribution in [0.1, 0.15) is 25.7 Å². The zero-order valence-corrected chi connectivity index (χ0v) is 13.5. The zero-order valence-electron chi connectivity index (χ0n) is 13.5. The van der Waals surface area contributed by atoms with Gasteiger partial charge in [0.2, 0.25) is 0 Å². The van der Waals surface area contributed by atoms with Gasteiger partial charge in [0, 0.05) is 18.6 Å². The zero-order chi connectivity index (χ0) is 16.7. The molecule has 2 heterocycles. The van der Waals surface area contributed by atoms with Gasteiger partial charge in [0.25, 0.3) is 5.56 Å². The molecule has 0 unspecified atom stereocenters. The van der Waals surface area contributed by atoms with E-state index in [0.717, 1.165) is 9.95 Å². The fraction of sp³-hybridized carbons (Fsp3) is 0.389. The van der Waals surface area contributed by atoms with Crippen molar-refractivity contribution in [3.63, 3.8) is 0 Å². The van der Waals surface area contributed by atoms with Crippen LogP contribution in [0, 0.1) is 5.92 Å². The van der Waals surface area contributed by atoms with Crippen LogP contribution < -0.4 is 16.0 Å². The SMILES string of the molecule is Cn1c(=O)[nH]c2c(cnc3c(OCC4CCCC4)cccc32)c1=O. The first kappa shape index (κ1) is 14.9. The predicted molar refractivity (Wildman–Crippen MR) is 92.6 cm³/mol. The van der Waals surface area contributed by atoms with E-state index in [-0.39, 0.29) is 5.56 Å². The topological polar surface area (TPSA) is 77.0 Å². The molecule has 0 saturated heterocycles. The molecule has 1 aliphatic carbocycles. The highest BCUT2D eigenvalue weighted by Gasteiger charge is 2.17. The maximum atomic E-state index is 12.2. The minimum atomic E-state index is -0.433. The molecule has 1 aromatic carbocycles. The lowest BCUT2D eigenvalue weighted by Gasteiger charge is -2.13. The summed E-state index contributed by atoms with van der Waals surface area (Å²) in [5.41, 5.74) is 0.407. The van der Waals surface area contributed by atoms with Crippen molar-refractivity contribution in [1.29, 1.82) is 0 Å². The molecule has 0 spiro atoms. The molecular formula is C18H19N3O3. The van der Waals surface area contributed by atoms with Crippen molar-refractivity contribution in [1.82, 2.24) is 14.5 Å². The molecule has 3 aromatic rings. The summed E-state index contributed by atoms with van der Waals surface area (Å²) in [6.07, 6.45) is 6.49. The average Bonchev–Trinajstić information content (AvgIpc) is 3.11. The predicted octanol–water partition coefficient (Wildman–Crippen LogP) is 2.34. The van der Waals surface area contributed by atoms with Crippen LogP contribution in [0.15, 0.2) is 34.0 Å². The van der Waals surface area contributed by atoms with Gasteiger partial charge >= 0.3 is 5.69 Å². The Kier molecular flexibility index (Phi) is 3.59. The molecule has 6 nitrogen and oxygen atoms in total. The van der Waals surface area contributed by atoms with E-state index in [9.17, 15) is 9.59 Å². The van der Waals surface area contributed by atoms with Crippen molar-refractivity contribution in [3.05, 3.63) is 45.2 Å². The van der Waals surface area contributed by atoms with Gasteiger partial charge in [0.15, 0.2) is 0 Å². The average molecular weight is 325 g/mol. The molecule has 0 bridgehead atoms. The second kappa shape index (κ2) is 5.78. The largest absolute Gasteiger partial charge is 0.491 e. The lowest BCUT2D eigenvalue weighted by atomic mass is 10.1. The number of ether oxygens (including phenoxy) is 1. The van der Waals surface area contributed by atoms with Gasteiger partial charge in [0.05, 0.1) is 17.5 Å². The molecular weight excluding hydrogens is 306 g/mol. The smallest absolute Gasteiger partial charge is 0.328 e. The van der Waals surface area contributed by atoms with Crippen LogP contribution in [-0.4, -0.2) is 21.1 Å². The number of pyridine rings is 1. The van der Waals surface area contributed by atoms with E-state index in [1.54, 1.807) is 0 Å². The molecule has 1 fully saturated rings. The maximum absolute atomic E-state index is 12.2. The number of para-hydroxylation sites is 1. The van der Waals surface area contributed by atoms with Gasteiger partial charge in [0.1, 0.15) is 11.3 Å². The number of hydrogen-bond acceptors (Lipinski definition) is 4. The van der Waals surface area contributed by atoms with E-state index in [2.05, 4.69) is 9.97 Å². The number of benzene rings is 1. The van der Waals surface area contributed by atoms with Crippen molar-refractivity contribution >= 4 is 21.8 Å². The summed E-state index contributed by atoms with van der Waals surface area (Å²) in [6.45, 7) is 0.686. The fourth-order valence-corrected chi connectivity index (χ4v) is 3.46. The second-order valence-corrected chi connectivity index (χ2v) is 6.45. The van der Waals surface area contributed by atoms with Gasteiger partial charge in [-0.05, 0) is 24.8 Å². The van der Waals surface area contributed by atoms with E-state index in [0.29, 0.717) is 34.7 Å². The van der Waals surface area contributed by atoms with Crippen LogP contribution in [0.3, 0.4) is 0 Å². The Balaban J connectivity index is 1.84. The molecule has 1 aliphatic rings. The Bertz CT molecular complexity index is 1030. The summed E-state index contributed by atoms with van der Waals surface area (Å²) in [4.78, 5) is 31.4. The molecule has 1 N–H and O–H groups in total. The summed E-state index contributed by atoms with van der Waals surface area (Å²) < 4.78 is 7.05. The van der Waals surface area contributed by atoms with E-state index in [1.165, 1.54) is 38.9 Å². The van der Waals surface area contributed by atoms with Crippen molar-refractivity contribution in [2.45, 2.75) is 25.7 Å². The van der Waals surface area contributed by atoms with Crippen LogP contribution in [-0.2, 0) is 7.05 Å². The number of hydrogen-bond donors (Lipinski definition) is 1. The quantitative estimate of drug-likeness (QED) is 0.750. The lowest BCUT2D eigenvalue weighted by molar-refractivity contribution is 0.254. The Labute approximate surface area is 138 Å². The molecule has 0 amide bonds. The van der Waals surface area contributed by atoms with Crippen molar-refractivity contribution in [2.75, 3.05) is 6.61 Å². The Morgan fingerprint density at radius 2 is 2.04 bits per heavy atom. The third-order valence-electron chi connectivity index (χ3n) is 4.88. The highest BCUT2D eigenvalue weighted by molar-refractivity contribution is 6.04. The third kappa shape index (κ3) is 2.38. The van der Waals surface area contributed by atoms with Crippen LogP contribution in [0.4, 0.5) is 0 Å². The molecule has 6 heteroatoms. The van der Waals surface area contributed by atoms with Crippen molar-refractivity contribution < 1.29 is 4.74 Å². The van der Waals surface area contributed by atoms with Gasteiger partial charge < -0.3 is 9.72 Å². The molecule has 1 saturated carbocycles. The normalized spacial score (nSPS) is 15.4. The number of aromatic nitrogens is 3. The molecule has 0 aliphatic heterocycles. The number of nitrogens with zero attached hydrogens (tertiary/aromatic N) is 2.